The van der Waals surface area contributed by atoms with Gasteiger partial charge in [-0.1, -0.05) is 0 Å². The molecule has 3 N–H and O–H groups in total. The molecule has 0 bridgehead atoms. The van der Waals surface area contributed by atoms with Crippen molar-refractivity contribution < 1.29 is 9.90 Å². The molecule has 1 aliphatic heterocycles. The minimum atomic E-state index is -1.04. The van der Waals surface area contributed by atoms with Crippen LogP contribution in [0.25, 0.3) is 0 Å². The normalized spacial score (nSPS) is 17.2. The molecule has 0 aliphatic carbocycles. The van der Waals surface area contributed by atoms with Crippen molar-refractivity contribution in [3.8, 4) is 0 Å². The largest absolute Gasteiger partial charge is 0.480 e. The van der Waals surface area contributed by atoms with Crippen molar-refractivity contribution in [2.24, 2.45) is 5.73 Å². The molecule has 0 spiro atoms. The predicted molar refractivity (Wildman–Crippen MR) is 57.4 cm³/mol. The van der Waals surface area contributed by atoms with Crippen LogP contribution >= 0.6 is 15.9 Å². The number of nitrogens with zero attached hydrogens (tertiary/aromatic N) is 2. The number of halogens is 1. The number of rotatable bonds is 2. The summed E-state index contributed by atoms with van der Waals surface area (Å²) in [5, 5.41) is 8.85. The number of hydrogen-bond acceptors (Lipinski definition) is 3. The van der Waals surface area contributed by atoms with Crippen LogP contribution in [0.5, 0.6) is 0 Å². The fraction of sp³-hybridized carbons (Fsp3) is 0.556. The quantitative estimate of drug-likeness (QED) is 0.845. The maximum absolute atomic E-state index is 10.8. The molecule has 0 saturated heterocycles. The fourth-order valence-electron chi connectivity index (χ4n) is 1.87. The Labute approximate surface area is 95.4 Å². The third-order valence-corrected chi connectivity index (χ3v) is 3.28. The lowest BCUT2D eigenvalue weighted by atomic mass is 10.1. The number of carboxylic acid groups (broad SMARTS) is 1. The van der Waals surface area contributed by atoms with E-state index in [0.717, 1.165) is 36.1 Å². The highest BCUT2D eigenvalue weighted by Gasteiger charge is 2.25. The van der Waals surface area contributed by atoms with Gasteiger partial charge < -0.3 is 15.4 Å². The van der Waals surface area contributed by atoms with Crippen molar-refractivity contribution in [3.63, 3.8) is 0 Å². The summed E-state index contributed by atoms with van der Waals surface area (Å²) in [4.78, 5) is 15.0. The van der Waals surface area contributed by atoms with Crippen LogP contribution in [-0.2, 0) is 17.8 Å². The highest BCUT2D eigenvalue weighted by molar-refractivity contribution is 9.10. The second-order valence-electron chi connectivity index (χ2n) is 3.63. The maximum atomic E-state index is 10.8. The highest BCUT2D eigenvalue weighted by Crippen LogP contribution is 2.26. The molecule has 15 heavy (non-hydrogen) atoms. The van der Waals surface area contributed by atoms with E-state index in [-0.39, 0.29) is 0 Å². The monoisotopic (exact) mass is 273 g/mol. The van der Waals surface area contributed by atoms with Gasteiger partial charge in [-0.05, 0) is 35.2 Å². The molecule has 0 fully saturated rings. The summed E-state index contributed by atoms with van der Waals surface area (Å²) >= 11 is 3.34. The first-order valence-electron chi connectivity index (χ1n) is 4.84. The molecule has 0 aromatic carbocycles. The van der Waals surface area contributed by atoms with E-state index in [2.05, 4.69) is 20.9 Å². The van der Waals surface area contributed by atoms with Crippen molar-refractivity contribution in [1.82, 2.24) is 9.55 Å². The van der Waals surface area contributed by atoms with Gasteiger partial charge in [0.1, 0.15) is 10.4 Å². The summed E-state index contributed by atoms with van der Waals surface area (Å²) in [6.45, 7) is 0.810. The molecular weight excluding hydrogens is 262 g/mol. The number of aromatic nitrogens is 2. The van der Waals surface area contributed by atoms with Crippen molar-refractivity contribution in [2.75, 3.05) is 0 Å². The van der Waals surface area contributed by atoms with Crippen molar-refractivity contribution >= 4 is 21.9 Å². The Kier molecular flexibility index (Phi) is 2.79. The minimum Gasteiger partial charge on any atom is -0.480 e. The summed E-state index contributed by atoms with van der Waals surface area (Å²) in [5.74, 6) is -0.593. The van der Waals surface area contributed by atoms with Crippen molar-refractivity contribution in [1.29, 1.82) is 0 Å². The molecule has 0 radical (unpaired) electrons. The van der Waals surface area contributed by atoms with E-state index in [0.29, 0.717) is 5.82 Å². The zero-order chi connectivity index (χ0) is 11.0. The first-order valence-corrected chi connectivity index (χ1v) is 5.63. The summed E-state index contributed by atoms with van der Waals surface area (Å²) in [7, 11) is 0. The van der Waals surface area contributed by atoms with Crippen molar-refractivity contribution in [2.45, 2.75) is 31.8 Å². The summed E-state index contributed by atoms with van der Waals surface area (Å²) in [6.07, 6.45) is 3.10. The number of aliphatic carboxylic acids is 1. The van der Waals surface area contributed by atoms with Crippen LogP contribution in [0.2, 0.25) is 0 Å². The molecule has 6 heteroatoms. The van der Waals surface area contributed by atoms with Gasteiger partial charge >= 0.3 is 5.97 Å². The maximum Gasteiger partial charge on any atom is 0.328 e. The average Bonchev–Trinajstić information content (AvgIpc) is 2.56. The van der Waals surface area contributed by atoms with Crippen molar-refractivity contribution in [3.05, 3.63) is 16.1 Å². The van der Waals surface area contributed by atoms with Gasteiger partial charge in [0.25, 0.3) is 0 Å². The molecule has 2 rings (SSSR count). The summed E-state index contributed by atoms with van der Waals surface area (Å²) in [6, 6.07) is -1.03. The molecule has 0 amide bonds. The second kappa shape index (κ2) is 3.94. The van der Waals surface area contributed by atoms with E-state index in [9.17, 15) is 4.79 Å². The number of carbonyl (C=O) groups is 1. The Balaban J connectivity index is 2.44. The number of nitrogens with two attached hydrogens (primary N) is 1. The van der Waals surface area contributed by atoms with Crippen LogP contribution in [0.15, 0.2) is 4.60 Å². The van der Waals surface area contributed by atoms with E-state index < -0.39 is 12.0 Å². The molecule has 82 valence electrons. The highest BCUT2D eigenvalue weighted by atomic mass is 79.9. The molecule has 1 aromatic rings. The Hall–Kier alpha value is -0.880. The van der Waals surface area contributed by atoms with E-state index in [4.69, 9.17) is 10.8 Å². The lowest BCUT2D eigenvalue weighted by molar-refractivity contribution is -0.138. The first kappa shape index (κ1) is 10.6. The average molecular weight is 274 g/mol. The summed E-state index contributed by atoms with van der Waals surface area (Å²) < 4.78 is 2.65. The van der Waals surface area contributed by atoms with Gasteiger partial charge in [-0.25, -0.2) is 4.98 Å². The van der Waals surface area contributed by atoms with Gasteiger partial charge in [-0.2, -0.15) is 0 Å². The minimum absolute atomic E-state index is 0.448. The number of carboxylic acids is 1. The fourth-order valence-corrected chi connectivity index (χ4v) is 2.47. The molecule has 0 saturated carbocycles. The van der Waals surface area contributed by atoms with Crippen LogP contribution in [0.4, 0.5) is 0 Å². The van der Waals surface area contributed by atoms with Gasteiger partial charge in [0, 0.05) is 6.54 Å². The Bertz CT molecular complexity index is 402. The smallest absolute Gasteiger partial charge is 0.328 e. The van der Waals surface area contributed by atoms with Gasteiger partial charge in [0.2, 0.25) is 0 Å². The van der Waals surface area contributed by atoms with Gasteiger partial charge in [-0.15, -0.1) is 0 Å². The molecule has 1 atom stereocenters. The van der Waals surface area contributed by atoms with Crippen LogP contribution in [0.3, 0.4) is 0 Å². The first-order chi connectivity index (χ1) is 7.11. The van der Waals surface area contributed by atoms with Gasteiger partial charge in [0.05, 0.1) is 5.69 Å². The van der Waals surface area contributed by atoms with E-state index in [1.165, 1.54) is 0 Å². The molecule has 5 nitrogen and oxygen atoms in total. The van der Waals surface area contributed by atoms with E-state index >= 15 is 0 Å². The molecule has 1 aliphatic rings. The number of fused-ring (bicyclic) bond motifs is 1. The van der Waals surface area contributed by atoms with Crippen LogP contribution < -0.4 is 5.73 Å². The van der Waals surface area contributed by atoms with Gasteiger partial charge in [-0.3, -0.25) is 4.79 Å². The SMILES string of the molecule is NC(C(=O)O)c1nc(Br)c2n1CCCC2. The lowest BCUT2D eigenvalue weighted by Gasteiger charge is -2.17. The second-order valence-corrected chi connectivity index (χ2v) is 4.38. The van der Waals surface area contributed by atoms with E-state index in [1.807, 2.05) is 4.57 Å². The van der Waals surface area contributed by atoms with Crippen LogP contribution in [0, 0.1) is 0 Å². The van der Waals surface area contributed by atoms with Crippen LogP contribution in [-0.4, -0.2) is 20.6 Å². The Morgan fingerprint density at radius 1 is 1.60 bits per heavy atom. The molecule has 2 heterocycles. The van der Waals surface area contributed by atoms with E-state index in [1.54, 1.807) is 0 Å². The standard InChI is InChI=1S/C9H12BrN3O2/c10-7-5-3-1-2-4-13(5)8(12-7)6(11)9(14)15/h6H,1-4,11H2,(H,14,15). The van der Waals surface area contributed by atoms with Gasteiger partial charge in [0.15, 0.2) is 6.04 Å². The third-order valence-electron chi connectivity index (χ3n) is 2.64. The predicted octanol–water partition coefficient (Wildman–Crippen LogP) is 1.07. The zero-order valence-corrected chi connectivity index (χ0v) is 9.70. The number of hydrogen-bond donors (Lipinski definition) is 2. The topological polar surface area (TPSA) is 81.1 Å². The molecular formula is C9H12BrN3O2. The zero-order valence-electron chi connectivity index (χ0n) is 8.11. The molecule has 1 unspecified atom stereocenters. The lowest BCUT2D eigenvalue weighted by Crippen LogP contribution is -2.26. The summed E-state index contributed by atoms with van der Waals surface area (Å²) in [5.41, 5.74) is 6.63. The van der Waals surface area contributed by atoms with Crippen LogP contribution in [0.1, 0.15) is 30.4 Å². The third kappa shape index (κ3) is 1.79. The Morgan fingerprint density at radius 3 is 3.00 bits per heavy atom. The Morgan fingerprint density at radius 2 is 2.33 bits per heavy atom. The number of imidazole rings is 1. The molecule has 1 aromatic heterocycles.